The SMILES string of the molecule is CCc1ccc(NC(=O)C(C)C)cc1-c1ccc(OC)cc1. The van der Waals surface area contributed by atoms with Crippen molar-refractivity contribution in [2.75, 3.05) is 12.4 Å². The first-order chi connectivity index (χ1) is 10.5. The first kappa shape index (κ1) is 16.1. The molecule has 1 N–H and O–H groups in total. The van der Waals surface area contributed by atoms with Gasteiger partial charge in [-0.05, 0) is 47.4 Å². The molecular formula is C19H23NO2. The smallest absolute Gasteiger partial charge is 0.226 e. The van der Waals surface area contributed by atoms with E-state index in [4.69, 9.17) is 4.74 Å². The molecule has 0 heterocycles. The van der Waals surface area contributed by atoms with E-state index in [-0.39, 0.29) is 11.8 Å². The number of carbonyl (C=O) groups is 1. The third kappa shape index (κ3) is 3.67. The minimum Gasteiger partial charge on any atom is -0.497 e. The lowest BCUT2D eigenvalue weighted by molar-refractivity contribution is -0.118. The summed E-state index contributed by atoms with van der Waals surface area (Å²) in [6, 6.07) is 14.1. The molecule has 0 saturated carbocycles. The van der Waals surface area contributed by atoms with E-state index in [0.717, 1.165) is 29.0 Å². The lowest BCUT2D eigenvalue weighted by Crippen LogP contribution is -2.17. The lowest BCUT2D eigenvalue weighted by atomic mass is 9.97. The third-order valence-corrected chi connectivity index (χ3v) is 3.68. The van der Waals surface area contributed by atoms with Crippen molar-refractivity contribution in [3.63, 3.8) is 0 Å². The van der Waals surface area contributed by atoms with E-state index in [0.29, 0.717) is 0 Å². The predicted octanol–water partition coefficient (Wildman–Crippen LogP) is 4.52. The average Bonchev–Trinajstić information content (AvgIpc) is 2.54. The van der Waals surface area contributed by atoms with Crippen LogP contribution in [0.15, 0.2) is 42.5 Å². The van der Waals surface area contributed by atoms with Crippen LogP contribution in [0, 0.1) is 5.92 Å². The number of rotatable bonds is 5. The maximum atomic E-state index is 11.9. The quantitative estimate of drug-likeness (QED) is 0.881. The van der Waals surface area contributed by atoms with Crippen LogP contribution in [0.5, 0.6) is 5.75 Å². The Balaban J connectivity index is 2.37. The molecule has 0 fully saturated rings. The van der Waals surface area contributed by atoms with Crippen LogP contribution in [0.4, 0.5) is 5.69 Å². The van der Waals surface area contributed by atoms with Gasteiger partial charge in [-0.2, -0.15) is 0 Å². The summed E-state index contributed by atoms with van der Waals surface area (Å²) >= 11 is 0. The van der Waals surface area contributed by atoms with E-state index >= 15 is 0 Å². The van der Waals surface area contributed by atoms with Crippen LogP contribution in [0.3, 0.4) is 0 Å². The summed E-state index contributed by atoms with van der Waals surface area (Å²) in [4.78, 5) is 11.9. The zero-order chi connectivity index (χ0) is 16.1. The monoisotopic (exact) mass is 297 g/mol. The molecule has 0 aliphatic carbocycles. The highest BCUT2D eigenvalue weighted by molar-refractivity contribution is 5.93. The Hall–Kier alpha value is -2.29. The second-order valence-electron chi connectivity index (χ2n) is 5.60. The van der Waals surface area contributed by atoms with Gasteiger partial charge in [0.25, 0.3) is 0 Å². The molecule has 0 radical (unpaired) electrons. The van der Waals surface area contributed by atoms with E-state index in [1.165, 1.54) is 5.56 Å². The molecule has 0 unspecified atom stereocenters. The summed E-state index contributed by atoms with van der Waals surface area (Å²) in [5.74, 6) is 0.839. The Morgan fingerprint density at radius 3 is 2.36 bits per heavy atom. The van der Waals surface area contributed by atoms with Crippen molar-refractivity contribution in [3.05, 3.63) is 48.0 Å². The normalized spacial score (nSPS) is 10.6. The number of nitrogens with one attached hydrogen (secondary N) is 1. The third-order valence-electron chi connectivity index (χ3n) is 3.68. The zero-order valence-corrected chi connectivity index (χ0v) is 13.6. The standard InChI is InChI=1S/C19H23NO2/c1-5-14-6-9-16(20-19(21)13(2)3)12-18(14)15-7-10-17(22-4)11-8-15/h6-13H,5H2,1-4H3,(H,20,21). The van der Waals surface area contributed by atoms with Crippen molar-refractivity contribution in [2.45, 2.75) is 27.2 Å². The van der Waals surface area contributed by atoms with E-state index in [1.54, 1.807) is 7.11 Å². The van der Waals surface area contributed by atoms with Crippen LogP contribution in [0.1, 0.15) is 26.3 Å². The van der Waals surface area contributed by atoms with E-state index in [1.807, 2.05) is 50.2 Å². The number of hydrogen-bond donors (Lipinski definition) is 1. The largest absolute Gasteiger partial charge is 0.497 e. The van der Waals surface area contributed by atoms with Gasteiger partial charge in [0.1, 0.15) is 5.75 Å². The lowest BCUT2D eigenvalue weighted by Gasteiger charge is -2.13. The van der Waals surface area contributed by atoms with Gasteiger partial charge in [0.05, 0.1) is 7.11 Å². The topological polar surface area (TPSA) is 38.3 Å². The van der Waals surface area contributed by atoms with E-state index < -0.39 is 0 Å². The second kappa shape index (κ2) is 7.12. The predicted molar refractivity (Wildman–Crippen MR) is 91.3 cm³/mol. The Morgan fingerprint density at radius 1 is 1.14 bits per heavy atom. The van der Waals surface area contributed by atoms with Crippen molar-refractivity contribution in [3.8, 4) is 16.9 Å². The van der Waals surface area contributed by atoms with Gasteiger partial charge < -0.3 is 10.1 Å². The van der Waals surface area contributed by atoms with Crippen molar-refractivity contribution >= 4 is 11.6 Å². The fourth-order valence-electron chi connectivity index (χ4n) is 2.29. The Kier molecular flexibility index (Phi) is 5.21. The number of ether oxygens (including phenoxy) is 1. The summed E-state index contributed by atoms with van der Waals surface area (Å²) in [6.07, 6.45) is 0.944. The van der Waals surface area contributed by atoms with Gasteiger partial charge in [0.15, 0.2) is 0 Å². The minimum absolute atomic E-state index is 0.0321. The summed E-state index contributed by atoms with van der Waals surface area (Å²) in [5, 5.41) is 2.96. The molecule has 0 aromatic heterocycles. The number of aryl methyl sites for hydroxylation is 1. The van der Waals surface area contributed by atoms with Gasteiger partial charge in [-0.1, -0.05) is 39.0 Å². The van der Waals surface area contributed by atoms with Crippen LogP contribution in [-0.4, -0.2) is 13.0 Å². The van der Waals surface area contributed by atoms with Gasteiger partial charge in [0, 0.05) is 11.6 Å². The van der Waals surface area contributed by atoms with Crippen molar-refractivity contribution in [2.24, 2.45) is 5.92 Å². The van der Waals surface area contributed by atoms with Crippen LogP contribution in [0.25, 0.3) is 11.1 Å². The van der Waals surface area contributed by atoms with Crippen molar-refractivity contribution in [1.82, 2.24) is 0 Å². The van der Waals surface area contributed by atoms with Crippen molar-refractivity contribution in [1.29, 1.82) is 0 Å². The molecule has 22 heavy (non-hydrogen) atoms. The first-order valence-electron chi connectivity index (χ1n) is 7.63. The highest BCUT2D eigenvalue weighted by Crippen LogP contribution is 2.29. The maximum absolute atomic E-state index is 11.9. The van der Waals surface area contributed by atoms with Gasteiger partial charge >= 0.3 is 0 Å². The average molecular weight is 297 g/mol. The van der Waals surface area contributed by atoms with E-state index in [2.05, 4.69) is 18.3 Å². The molecule has 0 saturated heterocycles. The highest BCUT2D eigenvalue weighted by atomic mass is 16.5. The summed E-state index contributed by atoms with van der Waals surface area (Å²) in [5.41, 5.74) is 4.36. The molecule has 3 heteroatoms. The van der Waals surface area contributed by atoms with Crippen LogP contribution < -0.4 is 10.1 Å². The number of carbonyl (C=O) groups excluding carboxylic acids is 1. The van der Waals surface area contributed by atoms with Gasteiger partial charge in [0.2, 0.25) is 5.91 Å². The number of benzene rings is 2. The fourth-order valence-corrected chi connectivity index (χ4v) is 2.29. The van der Waals surface area contributed by atoms with Crippen LogP contribution in [-0.2, 0) is 11.2 Å². The zero-order valence-electron chi connectivity index (χ0n) is 13.6. The molecule has 0 atom stereocenters. The van der Waals surface area contributed by atoms with Gasteiger partial charge in [-0.25, -0.2) is 0 Å². The Morgan fingerprint density at radius 2 is 1.82 bits per heavy atom. The first-order valence-corrected chi connectivity index (χ1v) is 7.63. The summed E-state index contributed by atoms with van der Waals surface area (Å²) in [7, 11) is 1.66. The molecule has 0 spiro atoms. The molecule has 2 aromatic carbocycles. The molecule has 0 bridgehead atoms. The number of anilines is 1. The fraction of sp³-hybridized carbons (Fsp3) is 0.316. The molecule has 1 amide bonds. The Labute approximate surface area is 132 Å². The van der Waals surface area contributed by atoms with Gasteiger partial charge in [-0.15, -0.1) is 0 Å². The van der Waals surface area contributed by atoms with Crippen molar-refractivity contribution < 1.29 is 9.53 Å². The molecule has 2 rings (SSSR count). The highest BCUT2D eigenvalue weighted by Gasteiger charge is 2.10. The molecule has 0 aliphatic heterocycles. The Bertz CT molecular complexity index is 645. The van der Waals surface area contributed by atoms with Crippen LogP contribution in [0.2, 0.25) is 0 Å². The maximum Gasteiger partial charge on any atom is 0.226 e. The second-order valence-corrected chi connectivity index (χ2v) is 5.60. The molecule has 116 valence electrons. The number of hydrogen-bond acceptors (Lipinski definition) is 2. The van der Waals surface area contributed by atoms with E-state index in [9.17, 15) is 4.79 Å². The number of amides is 1. The molecule has 3 nitrogen and oxygen atoms in total. The van der Waals surface area contributed by atoms with Crippen LogP contribution >= 0.6 is 0 Å². The summed E-state index contributed by atoms with van der Waals surface area (Å²) < 4.78 is 5.21. The molecular weight excluding hydrogens is 274 g/mol. The summed E-state index contributed by atoms with van der Waals surface area (Å²) in [6.45, 7) is 5.91. The number of methoxy groups -OCH3 is 1. The minimum atomic E-state index is -0.0321. The molecule has 2 aromatic rings. The molecule has 0 aliphatic rings. The van der Waals surface area contributed by atoms with Gasteiger partial charge in [-0.3, -0.25) is 4.79 Å².